The Morgan fingerprint density at radius 1 is 1.17 bits per heavy atom. The molecule has 5 nitrogen and oxygen atoms in total. The first kappa shape index (κ1) is 16.3. The number of carbonyl (C=O) groups is 1. The molecule has 0 saturated carbocycles. The van der Waals surface area contributed by atoms with Gasteiger partial charge in [0, 0.05) is 56.0 Å². The van der Waals surface area contributed by atoms with Crippen molar-refractivity contribution in [3.8, 4) is 0 Å². The lowest BCUT2D eigenvalue weighted by atomic mass is 10.2. The van der Waals surface area contributed by atoms with Gasteiger partial charge >= 0.3 is 0 Å². The molecule has 2 aromatic rings. The van der Waals surface area contributed by atoms with E-state index in [0.29, 0.717) is 28.8 Å². The Hall–Kier alpha value is -1.56. The minimum atomic E-state index is 0.0363. The molecule has 122 valence electrons. The molecule has 0 N–H and O–H groups in total. The highest BCUT2D eigenvalue weighted by Gasteiger charge is 2.24. The number of piperazine rings is 1. The van der Waals surface area contributed by atoms with Crippen LogP contribution < -0.4 is 0 Å². The number of amides is 1. The molecule has 0 aliphatic carbocycles. The van der Waals surface area contributed by atoms with Crippen LogP contribution in [0.2, 0.25) is 10.0 Å². The summed E-state index contributed by atoms with van der Waals surface area (Å²) in [4.78, 5) is 16.6. The van der Waals surface area contributed by atoms with Crippen LogP contribution in [0, 0.1) is 0 Å². The minimum Gasteiger partial charge on any atom is -0.335 e. The molecule has 0 atom stereocenters. The number of hydrogen-bond acceptors (Lipinski definition) is 3. The van der Waals surface area contributed by atoms with Crippen molar-refractivity contribution in [1.29, 1.82) is 0 Å². The normalized spacial score (nSPS) is 15.9. The number of benzene rings is 1. The zero-order chi connectivity index (χ0) is 16.4. The fourth-order valence-electron chi connectivity index (χ4n) is 2.75. The topological polar surface area (TPSA) is 41.4 Å². The molecule has 1 aliphatic rings. The van der Waals surface area contributed by atoms with Gasteiger partial charge in [0.2, 0.25) is 0 Å². The summed E-state index contributed by atoms with van der Waals surface area (Å²) in [6.07, 6.45) is 1.64. The van der Waals surface area contributed by atoms with Gasteiger partial charge in [-0.1, -0.05) is 29.3 Å². The van der Waals surface area contributed by atoms with Crippen molar-refractivity contribution < 1.29 is 4.79 Å². The summed E-state index contributed by atoms with van der Waals surface area (Å²) in [5.74, 6) is 0.0363. The molecular weight excluding hydrogens is 335 g/mol. The SMILES string of the molecule is Cn1nccc1C(=O)N1CCN(Cc2ccc(Cl)cc2Cl)CC1. The van der Waals surface area contributed by atoms with Crippen LogP contribution in [0.4, 0.5) is 0 Å². The number of carbonyl (C=O) groups excluding carboxylic acids is 1. The van der Waals surface area contributed by atoms with Gasteiger partial charge in [0.1, 0.15) is 5.69 Å². The van der Waals surface area contributed by atoms with Crippen LogP contribution in [0.1, 0.15) is 16.1 Å². The first-order valence-corrected chi connectivity index (χ1v) is 8.24. The molecule has 1 saturated heterocycles. The van der Waals surface area contributed by atoms with Crippen molar-refractivity contribution in [2.45, 2.75) is 6.54 Å². The van der Waals surface area contributed by atoms with E-state index in [9.17, 15) is 4.79 Å². The molecule has 0 unspecified atom stereocenters. The first-order valence-electron chi connectivity index (χ1n) is 7.48. The van der Waals surface area contributed by atoms with Crippen LogP contribution in [0.3, 0.4) is 0 Å². The van der Waals surface area contributed by atoms with Crippen molar-refractivity contribution in [2.75, 3.05) is 26.2 Å². The highest BCUT2D eigenvalue weighted by Crippen LogP contribution is 2.22. The molecule has 23 heavy (non-hydrogen) atoms. The van der Waals surface area contributed by atoms with Crippen molar-refractivity contribution in [3.63, 3.8) is 0 Å². The average Bonchev–Trinajstić information content (AvgIpc) is 2.96. The van der Waals surface area contributed by atoms with Crippen molar-refractivity contribution in [3.05, 3.63) is 51.8 Å². The van der Waals surface area contributed by atoms with E-state index in [-0.39, 0.29) is 5.91 Å². The van der Waals surface area contributed by atoms with Crippen molar-refractivity contribution >= 4 is 29.1 Å². The Morgan fingerprint density at radius 3 is 2.52 bits per heavy atom. The molecule has 0 radical (unpaired) electrons. The van der Waals surface area contributed by atoms with E-state index >= 15 is 0 Å². The van der Waals surface area contributed by atoms with Gasteiger partial charge in [-0.25, -0.2) is 0 Å². The van der Waals surface area contributed by atoms with E-state index in [1.54, 1.807) is 30.1 Å². The second kappa shape index (κ2) is 6.91. The predicted molar refractivity (Wildman–Crippen MR) is 90.9 cm³/mol. The van der Waals surface area contributed by atoms with Crippen molar-refractivity contribution in [1.82, 2.24) is 19.6 Å². The van der Waals surface area contributed by atoms with Gasteiger partial charge in [0.15, 0.2) is 0 Å². The molecule has 0 bridgehead atoms. The highest BCUT2D eigenvalue weighted by molar-refractivity contribution is 6.35. The summed E-state index contributed by atoms with van der Waals surface area (Å²) >= 11 is 12.2. The number of rotatable bonds is 3. The summed E-state index contributed by atoms with van der Waals surface area (Å²) in [7, 11) is 1.78. The first-order chi connectivity index (χ1) is 11.0. The van der Waals surface area contributed by atoms with Gasteiger partial charge < -0.3 is 4.90 Å². The summed E-state index contributed by atoms with van der Waals surface area (Å²) in [5, 5.41) is 5.38. The van der Waals surface area contributed by atoms with Crippen LogP contribution in [-0.2, 0) is 13.6 Å². The van der Waals surface area contributed by atoms with E-state index in [1.165, 1.54) is 0 Å². The second-order valence-electron chi connectivity index (χ2n) is 5.64. The third-order valence-corrected chi connectivity index (χ3v) is 4.70. The lowest BCUT2D eigenvalue weighted by Gasteiger charge is -2.34. The van der Waals surface area contributed by atoms with Gasteiger partial charge in [-0.05, 0) is 23.8 Å². The minimum absolute atomic E-state index is 0.0363. The van der Waals surface area contributed by atoms with Gasteiger partial charge in [-0.2, -0.15) is 5.10 Å². The fourth-order valence-corrected chi connectivity index (χ4v) is 3.21. The molecule has 3 rings (SSSR count). The quantitative estimate of drug-likeness (QED) is 0.852. The fraction of sp³-hybridized carbons (Fsp3) is 0.375. The number of halogens is 2. The van der Waals surface area contributed by atoms with Gasteiger partial charge in [-0.3, -0.25) is 14.4 Å². The van der Waals surface area contributed by atoms with E-state index in [0.717, 1.165) is 25.2 Å². The molecule has 1 aromatic heterocycles. The molecule has 1 aromatic carbocycles. The summed E-state index contributed by atoms with van der Waals surface area (Å²) in [5.41, 5.74) is 1.68. The molecule has 1 aliphatic heterocycles. The number of hydrogen-bond donors (Lipinski definition) is 0. The monoisotopic (exact) mass is 352 g/mol. The third-order valence-electron chi connectivity index (χ3n) is 4.11. The third kappa shape index (κ3) is 3.68. The average molecular weight is 353 g/mol. The molecule has 1 fully saturated rings. The second-order valence-corrected chi connectivity index (χ2v) is 6.49. The molecule has 7 heteroatoms. The predicted octanol–water partition coefficient (Wildman–Crippen LogP) is 2.68. The summed E-state index contributed by atoms with van der Waals surface area (Å²) in [6.45, 7) is 3.82. The van der Waals surface area contributed by atoms with Crippen molar-refractivity contribution in [2.24, 2.45) is 7.05 Å². The maximum Gasteiger partial charge on any atom is 0.272 e. The van der Waals surface area contributed by atoms with Gasteiger partial charge in [-0.15, -0.1) is 0 Å². The van der Waals surface area contributed by atoms with Crippen LogP contribution in [0.5, 0.6) is 0 Å². The van der Waals surface area contributed by atoms with E-state index in [4.69, 9.17) is 23.2 Å². The molecule has 1 amide bonds. The van der Waals surface area contributed by atoms with Crippen LogP contribution in [0.25, 0.3) is 0 Å². The number of aryl methyl sites for hydroxylation is 1. The van der Waals surface area contributed by atoms with Gasteiger partial charge in [0.25, 0.3) is 5.91 Å². The zero-order valence-electron chi connectivity index (χ0n) is 12.9. The highest BCUT2D eigenvalue weighted by atomic mass is 35.5. The molecule has 0 spiro atoms. The number of nitrogens with zero attached hydrogens (tertiary/aromatic N) is 4. The Kier molecular flexibility index (Phi) is 4.90. The standard InChI is InChI=1S/C16H18Cl2N4O/c1-20-15(4-5-19-20)16(23)22-8-6-21(7-9-22)11-12-2-3-13(17)10-14(12)18/h2-5,10H,6-9,11H2,1H3. The Labute approximate surface area is 145 Å². The van der Waals surface area contributed by atoms with Gasteiger partial charge in [0.05, 0.1) is 0 Å². The maximum atomic E-state index is 12.4. The van der Waals surface area contributed by atoms with E-state index in [1.807, 2.05) is 17.0 Å². The zero-order valence-corrected chi connectivity index (χ0v) is 14.4. The molecular formula is C16H18Cl2N4O. The Bertz CT molecular complexity index is 708. The number of aromatic nitrogens is 2. The lowest BCUT2D eigenvalue weighted by molar-refractivity contribution is 0.0618. The summed E-state index contributed by atoms with van der Waals surface area (Å²) in [6, 6.07) is 7.32. The van der Waals surface area contributed by atoms with E-state index in [2.05, 4.69) is 10.00 Å². The maximum absolute atomic E-state index is 12.4. The smallest absolute Gasteiger partial charge is 0.272 e. The largest absolute Gasteiger partial charge is 0.335 e. The van der Waals surface area contributed by atoms with Crippen LogP contribution in [-0.4, -0.2) is 51.7 Å². The molecule has 2 heterocycles. The Morgan fingerprint density at radius 2 is 1.91 bits per heavy atom. The van der Waals surface area contributed by atoms with Crippen LogP contribution in [0.15, 0.2) is 30.5 Å². The Balaban J connectivity index is 1.58. The lowest BCUT2D eigenvalue weighted by Crippen LogP contribution is -2.48. The summed E-state index contributed by atoms with van der Waals surface area (Å²) < 4.78 is 1.61. The van der Waals surface area contributed by atoms with E-state index < -0.39 is 0 Å². The van der Waals surface area contributed by atoms with Crippen LogP contribution >= 0.6 is 23.2 Å².